The van der Waals surface area contributed by atoms with Gasteiger partial charge in [0.05, 0.1) is 6.16 Å². The van der Waals surface area contributed by atoms with Crippen LogP contribution in [0.5, 0.6) is 0 Å². The van der Waals surface area contributed by atoms with Crippen LogP contribution in [0.15, 0.2) is 30.3 Å². The van der Waals surface area contributed by atoms with Crippen LogP contribution in [-0.2, 0) is 15.3 Å². The smallest absolute Gasteiger partial charge is 0.231 e. The Bertz CT molecular complexity index is 289. The van der Waals surface area contributed by atoms with E-state index < -0.39 is 13.7 Å². The van der Waals surface area contributed by atoms with Crippen LogP contribution in [0.1, 0.15) is 5.56 Å². The third kappa shape index (κ3) is 2.96. The van der Waals surface area contributed by atoms with Gasteiger partial charge < -0.3 is 9.63 Å². The maximum absolute atomic E-state index is 11.6. The lowest BCUT2D eigenvalue weighted by molar-refractivity contribution is 0.310. The van der Waals surface area contributed by atoms with Gasteiger partial charge >= 0.3 is 0 Å². The van der Waals surface area contributed by atoms with Gasteiger partial charge in [0.1, 0.15) is 6.35 Å². The first-order chi connectivity index (χ1) is 6.20. The number of rotatable bonds is 4. The minimum Gasteiger partial charge on any atom is -0.386 e. The monoisotopic (exact) mass is 200 g/mol. The highest BCUT2D eigenvalue weighted by atomic mass is 31.2. The molecule has 0 bridgehead atoms. The van der Waals surface area contributed by atoms with Gasteiger partial charge in [0.15, 0.2) is 0 Å². The summed E-state index contributed by atoms with van der Waals surface area (Å²) in [5, 5.41) is 8.86. The van der Waals surface area contributed by atoms with Crippen molar-refractivity contribution in [3.8, 4) is 0 Å². The summed E-state index contributed by atoms with van der Waals surface area (Å²) in [5.41, 5.74) is 0.918. The standard InChI is InChI=1S/C9H13O3P/c1-12-13(11,8-10)7-9-5-3-2-4-6-9/h2-6,10H,7-8H2,1H3. The molecule has 0 aromatic heterocycles. The van der Waals surface area contributed by atoms with E-state index in [0.29, 0.717) is 6.16 Å². The van der Waals surface area contributed by atoms with Gasteiger partial charge in [-0.25, -0.2) is 0 Å². The molecule has 0 heterocycles. The summed E-state index contributed by atoms with van der Waals surface area (Å²) in [4.78, 5) is 0. The summed E-state index contributed by atoms with van der Waals surface area (Å²) in [6.07, 6.45) is -0.112. The van der Waals surface area contributed by atoms with Crippen LogP contribution in [-0.4, -0.2) is 18.6 Å². The van der Waals surface area contributed by atoms with E-state index in [1.54, 1.807) is 0 Å². The molecule has 13 heavy (non-hydrogen) atoms. The zero-order chi connectivity index (χ0) is 9.73. The molecular weight excluding hydrogens is 187 g/mol. The van der Waals surface area contributed by atoms with Crippen molar-refractivity contribution in [1.82, 2.24) is 0 Å². The molecule has 3 nitrogen and oxygen atoms in total. The van der Waals surface area contributed by atoms with Crippen molar-refractivity contribution in [2.75, 3.05) is 13.5 Å². The predicted molar refractivity (Wildman–Crippen MR) is 51.8 cm³/mol. The summed E-state index contributed by atoms with van der Waals surface area (Å²) in [6.45, 7) is 0. The minimum atomic E-state index is -2.85. The highest BCUT2D eigenvalue weighted by Gasteiger charge is 2.20. The highest BCUT2D eigenvalue weighted by Crippen LogP contribution is 2.48. The number of hydrogen-bond acceptors (Lipinski definition) is 3. The molecule has 1 aromatic carbocycles. The van der Waals surface area contributed by atoms with E-state index in [1.807, 2.05) is 30.3 Å². The van der Waals surface area contributed by atoms with Gasteiger partial charge in [0, 0.05) is 7.11 Å². The lowest BCUT2D eigenvalue weighted by Crippen LogP contribution is -1.95. The van der Waals surface area contributed by atoms with Crippen molar-refractivity contribution in [1.29, 1.82) is 0 Å². The first kappa shape index (κ1) is 10.5. The molecular formula is C9H13O3P. The van der Waals surface area contributed by atoms with E-state index in [4.69, 9.17) is 9.63 Å². The molecule has 1 aromatic rings. The summed E-state index contributed by atoms with van der Waals surface area (Å²) in [5.74, 6) is 0. The molecule has 1 atom stereocenters. The third-order valence-corrected chi connectivity index (χ3v) is 3.76. The Hall–Kier alpha value is -0.630. The van der Waals surface area contributed by atoms with Crippen LogP contribution >= 0.6 is 7.37 Å². The molecule has 4 heteroatoms. The first-order valence-electron chi connectivity index (χ1n) is 3.99. The Labute approximate surface area is 77.8 Å². The van der Waals surface area contributed by atoms with Crippen molar-refractivity contribution >= 4 is 7.37 Å². The molecule has 0 aliphatic rings. The second-order valence-electron chi connectivity index (χ2n) is 2.78. The molecule has 1 N–H and O–H groups in total. The Morgan fingerprint density at radius 1 is 1.38 bits per heavy atom. The molecule has 0 saturated heterocycles. The fourth-order valence-electron chi connectivity index (χ4n) is 1.03. The van der Waals surface area contributed by atoms with Crippen LogP contribution in [0, 0.1) is 0 Å². The van der Waals surface area contributed by atoms with Gasteiger partial charge in [-0.1, -0.05) is 30.3 Å². The summed E-state index contributed by atoms with van der Waals surface area (Å²) >= 11 is 0. The molecule has 1 unspecified atom stereocenters. The number of aliphatic hydroxyl groups excluding tert-OH is 1. The van der Waals surface area contributed by atoms with Crippen molar-refractivity contribution in [3.05, 3.63) is 35.9 Å². The molecule has 0 fully saturated rings. The van der Waals surface area contributed by atoms with Crippen LogP contribution < -0.4 is 0 Å². The molecule has 1 rings (SSSR count). The van der Waals surface area contributed by atoms with Gasteiger partial charge in [0.2, 0.25) is 7.37 Å². The van der Waals surface area contributed by atoms with E-state index >= 15 is 0 Å². The third-order valence-electron chi connectivity index (χ3n) is 1.81. The summed E-state index contributed by atoms with van der Waals surface area (Å²) in [7, 11) is -1.49. The Kier molecular flexibility index (Phi) is 3.67. The normalized spacial score (nSPS) is 15.2. The van der Waals surface area contributed by atoms with Crippen LogP contribution in [0.4, 0.5) is 0 Å². The number of aliphatic hydroxyl groups is 1. The minimum absolute atomic E-state index is 0.292. The fraction of sp³-hybridized carbons (Fsp3) is 0.333. The maximum Gasteiger partial charge on any atom is 0.231 e. The van der Waals surface area contributed by atoms with Crippen molar-refractivity contribution in [2.24, 2.45) is 0 Å². The zero-order valence-corrected chi connectivity index (χ0v) is 8.41. The first-order valence-corrected chi connectivity index (χ1v) is 5.98. The van der Waals surface area contributed by atoms with Gasteiger partial charge in [0.25, 0.3) is 0 Å². The highest BCUT2D eigenvalue weighted by molar-refractivity contribution is 7.57. The molecule has 72 valence electrons. The lowest BCUT2D eigenvalue weighted by atomic mass is 10.2. The zero-order valence-electron chi connectivity index (χ0n) is 7.51. The average Bonchev–Trinajstić information content (AvgIpc) is 2.19. The summed E-state index contributed by atoms with van der Waals surface area (Å²) in [6, 6.07) is 9.35. The maximum atomic E-state index is 11.6. The Morgan fingerprint density at radius 3 is 2.46 bits per heavy atom. The topological polar surface area (TPSA) is 46.5 Å². The second-order valence-corrected chi connectivity index (χ2v) is 5.38. The van der Waals surface area contributed by atoms with Gasteiger partial charge in [-0.3, -0.25) is 4.57 Å². The fourth-order valence-corrected chi connectivity index (χ4v) is 2.15. The van der Waals surface area contributed by atoms with E-state index in [0.717, 1.165) is 5.56 Å². The SMILES string of the molecule is COP(=O)(CO)Cc1ccccc1. The van der Waals surface area contributed by atoms with Gasteiger partial charge in [-0.2, -0.15) is 0 Å². The van der Waals surface area contributed by atoms with Crippen LogP contribution in [0.25, 0.3) is 0 Å². The van der Waals surface area contributed by atoms with Crippen LogP contribution in [0.3, 0.4) is 0 Å². The quantitative estimate of drug-likeness (QED) is 0.756. The molecule has 0 saturated carbocycles. The van der Waals surface area contributed by atoms with Crippen molar-refractivity contribution in [3.63, 3.8) is 0 Å². The largest absolute Gasteiger partial charge is 0.386 e. The van der Waals surface area contributed by atoms with E-state index in [1.165, 1.54) is 7.11 Å². The van der Waals surface area contributed by atoms with Gasteiger partial charge in [-0.05, 0) is 5.56 Å². The Balaban J connectivity index is 2.74. The van der Waals surface area contributed by atoms with E-state index in [9.17, 15) is 4.57 Å². The van der Waals surface area contributed by atoms with E-state index in [2.05, 4.69) is 0 Å². The van der Waals surface area contributed by atoms with E-state index in [-0.39, 0.29) is 0 Å². The molecule has 0 spiro atoms. The van der Waals surface area contributed by atoms with Crippen molar-refractivity contribution < 1.29 is 14.2 Å². The lowest BCUT2D eigenvalue weighted by Gasteiger charge is -2.12. The predicted octanol–water partition coefficient (Wildman–Crippen LogP) is 2.06. The molecule has 0 radical (unpaired) electrons. The van der Waals surface area contributed by atoms with Gasteiger partial charge in [-0.15, -0.1) is 0 Å². The molecule has 0 aliphatic heterocycles. The molecule has 0 amide bonds. The van der Waals surface area contributed by atoms with Crippen LogP contribution in [0.2, 0.25) is 0 Å². The number of hydrogen-bond donors (Lipinski definition) is 1. The molecule has 0 aliphatic carbocycles. The summed E-state index contributed by atoms with van der Waals surface area (Å²) < 4.78 is 16.4. The average molecular weight is 200 g/mol. The Morgan fingerprint density at radius 2 is 2.00 bits per heavy atom. The second kappa shape index (κ2) is 4.56. The number of benzene rings is 1. The van der Waals surface area contributed by atoms with Crippen molar-refractivity contribution in [2.45, 2.75) is 6.16 Å².